The van der Waals surface area contributed by atoms with Crippen LogP contribution in [0.4, 0.5) is 0 Å². The number of carbonyl (C=O) groups excluding carboxylic acids is 1. The Bertz CT molecular complexity index is 493. The van der Waals surface area contributed by atoms with E-state index in [1.165, 1.54) is 6.07 Å². The zero-order chi connectivity index (χ0) is 12.3. The van der Waals surface area contributed by atoms with Gasteiger partial charge in [0.2, 0.25) is 0 Å². The van der Waals surface area contributed by atoms with Gasteiger partial charge in [-0.25, -0.2) is 8.42 Å². The lowest BCUT2D eigenvalue weighted by molar-refractivity contribution is 0.0957. The summed E-state index contributed by atoms with van der Waals surface area (Å²) in [7, 11) is 1.47. The maximum Gasteiger partial charge on any atom is 0.262 e. The minimum absolute atomic E-state index is 0.0146. The van der Waals surface area contributed by atoms with Crippen molar-refractivity contribution >= 4 is 37.0 Å². The Morgan fingerprint density at radius 2 is 2.19 bits per heavy atom. The fourth-order valence-corrected chi connectivity index (χ4v) is 3.72. The van der Waals surface area contributed by atoms with Crippen LogP contribution in [0.25, 0.3) is 0 Å². The summed E-state index contributed by atoms with van der Waals surface area (Å²) in [4.78, 5) is 12.5. The zero-order valence-corrected chi connectivity index (χ0v) is 11.3. The molecule has 0 aliphatic heterocycles. The van der Waals surface area contributed by atoms with E-state index >= 15 is 0 Å². The van der Waals surface area contributed by atoms with Crippen molar-refractivity contribution in [1.82, 2.24) is 5.32 Å². The van der Waals surface area contributed by atoms with Crippen LogP contribution < -0.4 is 5.32 Å². The molecule has 0 aliphatic carbocycles. The first-order valence-corrected chi connectivity index (χ1v) is 7.82. The molecular weight excluding hydrogens is 270 g/mol. The normalized spacial score (nSPS) is 11.4. The van der Waals surface area contributed by atoms with Gasteiger partial charge in [-0.1, -0.05) is 6.92 Å². The van der Waals surface area contributed by atoms with Crippen LogP contribution in [0.3, 0.4) is 0 Å². The van der Waals surface area contributed by atoms with Gasteiger partial charge in [-0.2, -0.15) is 0 Å². The summed E-state index contributed by atoms with van der Waals surface area (Å²) < 4.78 is 22.3. The first kappa shape index (κ1) is 13.5. The van der Waals surface area contributed by atoms with E-state index < -0.39 is 9.05 Å². The molecule has 90 valence electrons. The lowest BCUT2D eigenvalue weighted by Crippen LogP contribution is -2.22. The van der Waals surface area contributed by atoms with Crippen molar-refractivity contribution in [3.8, 4) is 0 Å². The number of rotatable bonds is 4. The van der Waals surface area contributed by atoms with Crippen molar-refractivity contribution in [2.24, 2.45) is 0 Å². The number of halogens is 1. The molecular formula is C9H12ClNO3S2. The minimum atomic E-state index is -3.76. The number of hydrogen-bond acceptors (Lipinski definition) is 4. The molecule has 0 spiro atoms. The van der Waals surface area contributed by atoms with Gasteiger partial charge in [0.1, 0.15) is 0 Å². The molecule has 0 radical (unpaired) electrons. The molecule has 0 bridgehead atoms. The number of aryl methyl sites for hydroxylation is 1. The summed E-state index contributed by atoms with van der Waals surface area (Å²) in [5.74, 6) is -0.262. The van der Waals surface area contributed by atoms with Gasteiger partial charge in [0.05, 0.1) is 9.77 Å². The van der Waals surface area contributed by atoms with Gasteiger partial charge in [-0.15, -0.1) is 11.3 Å². The molecule has 1 amide bonds. The number of nitrogens with one attached hydrogen (secondary N) is 1. The average molecular weight is 282 g/mol. The van der Waals surface area contributed by atoms with Gasteiger partial charge in [0.15, 0.2) is 0 Å². The molecule has 1 rings (SSSR count). The molecule has 0 atom stereocenters. The second-order valence-electron chi connectivity index (χ2n) is 3.22. The average Bonchev–Trinajstić information content (AvgIpc) is 2.56. The Morgan fingerprint density at radius 1 is 1.56 bits per heavy atom. The van der Waals surface area contributed by atoms with E-state index in [1.807, 2.05) is 6.92 Å². The molecule has 1 N–H and O–H groups in total. The largest absolute Gasteiger partial charge is 0.351 e. The van der Waals surface area contributed by atoms with E-state index in [2.05, 4.69) is 5.32 Å². The third kappa shape index (κ3) is 3.20. The maximum atomic E-state index is 11.6. The molecule has 0 aliphatic rings. The number of amides is 1. The minimum Gasteiger partial charge on any atom is -0.351 e. The Hall–Kier alpha value is -0.590. The van der Waals surface area contributed by atoms with Gasteiger partial charge in [-0.05, 0) is 19.4 Å². The smallest absolute Gasteiger partial charge is 0.262 e. The Morgan fingerprint density at radius 3 is 2.62 bits per heavy atom. The second kappa shape index (κ2) is 5.16. The van der Waals surface area contributed by atoms with Crippen LogP contribution in [-0.4, -0.2) is 20.9 Å². The van der Waals surface area contributed by atoms with Gasteiger partial charge in [0.25, 0.3) is 15.0 Å². The molecule has 16 heavy (non-hydrogen) atoms. The molecule has 4 nitrogen and oxygen atoms in total. The fraction of sp³-hybridized carbons (Fsp3) is 0.444. The SMILES string of the molecule is CCCNC(=O)c1cc(S(=O)(=O)Cl)c(C)s1. The third-order valence-corrected chi connectivity index (χ3v) is 4.52. The van der Waals surface area contributed by atoms with Crippen molar-refractivity contribution in [2.45, 2.75) is 25.2 Å². The summed E-state index contributed by atoms with van der Waals surface area (Å²) >= 11 is 1.12. The first-order chi connectivity index (χ1) is 7.36. The standard InChI is InChI=1S/C9H12ClNO3S2/c1-3-4-11-9(12)7-5-8(6(2)15-7)16(10,13)14/h5H,3-4H2,1-2H3,(H,11,12). The Balaban J connectivity index is 2.98. The van der Waals surface area contributed by atoms with Crippen molar-refractivity contribution in [2.75, 3.05) is 6.54 Å². The van der Waals surface area contributed by atoms with Crippen molar-refractivity contribution in [1.29, 1.82) is 0 Å². The molecule has 7 heteroatoms. The molecule has 1 aromatic heterocycles. The number of hydrogen-bond donors (Lipinski definition) is 1. The molecule has 1 aromatic rings. The van der Waals surface area contributed by atoms with Crippen LogP contribution in [0.2, 0.25) is 0 Å². The monoisotopic (exact) mass is 281 g/mol. The van der Waals surface area contributed by atoms with Crippen LogP contribution in [0.15, 0.2) is 11.0 Å². The van der Waals surface area contributed by atoms with Crippen LogP contribution in [0, 0.1) is 6.92 Å². The molecule has 1 heterocycles. The summed E-state index contributed by atoms with van der Waals surface area (Å²) in [6.45, 7) is 4.13. The fourth-order valence-electron chi connectivity index (χ4n) is 1.14. The Kier molecular flexibility index (Phi) is 4.35. The molecule has 0 unspecified atom stereocenters. The van der Waals surface area contributed by atoms with E-state index in [0.29, 0.717) is 16.3 Å². The predicted molar refractivity (Wildman–Crippen MR) is 64.7 cm³/mol. The lowest BCUT2D eigenvalue weighted by atomic mass is 10.4. The molecule has 0 saturated carbocycles. The maximum absolute atomic E-state index is 11.6. The van der Waals surface area contributed by atoms with E-state index in [9.17, 15) is 13.2 Å². The van der Waals surface area contributed by atoms with Gasteiger partial charge >= 0.3 is 0 Å². The molecule has 0 saturated heterocycles. The lowest BCUT2D eigenvalue weighted by Gasteiger charge is -1.98. The third-order valence-electron chi connectivity index (χ3n) is 1.89. The topological polar surface area (TPSA) is 63.2 Å². The summed E-state index contributed by atoms with van der Waals surface area (Å²) in [6, 6.07) is 1.31. The number of carbonyl (C=O) groups is 1. The highest BCUT2D eigenvalue weighted by Crippen LogP contribution is 2.28. The Labute approximate surface area is 103 Å². The van der Waals surface area contributed by atoms with Gasteiger partial charge in [-0.3, -0.25) is 4.79 Å². The van der Waals surface area contributed by atoms with Crippen molar-refractivity contribution in [3.05, 3.63) is 15.8 Å². The van der Waals surface area contributed by atoms with Gasteiger partial charge in [0, 0.05) is 22.1 Å². The van der Waals surface area contributed by atoms with Crippen LogP contribution in [0.5, 0.6) is 0 Å². The summed E-state index contributed by atoms with van der Waals surface area (Å²) in [6.07, 6.45) is 0.830. The van der Waals surface area contributed by atoms with Crippen LogP contribution in [-0.2, 0) is 9.05 Å². The first-order valence-electron chi connectivity index (χ1n) is 4.69. The van der Waals surface area contributed by atoms with Gasteiger partial charge < -0.3 is 5.32 Å². The van der Waals surface area contributed by atoms with E-state index in [1.54, 1.807) is 6.92 Å². The highest BCUT2D eigenvalue weighted by molar-refractivity contribution is 8.13. The highest BCUT2D eigenvalue weighted by atomic mass is 35.7. The van der Waals surface area contributed by atoms with Crippen LogP contribution in [0.1, 0.15) is 27.9 Å². The van der Waals surface area contributed by atoms with Crippen molar-refractivity contribution in [3.63, 3.8) is 0 Å². The van der Waals surface area contributed by atoms with Crippen molar-refractivity contribution < 1.29 is 13.2 Å². The van der Waals surface area contributed by atoms with E-state index in [4.69, 9.17) is 10.7 Å². The summed E-state index contributed by atoms with van der Waals surface area (Å²) in [5.41, 5.74) is 0. The predicted octanol–water partition coefficient (Wildman–Crippen LogP) is 2.12. The van der Waals surface area contributed by atoms with E-state index in [-0.39, 0.29) is 10.8 Å². The summed E-state index contributed by atoms with van der Waals surface area (Å²) in [5, 5.41) is 2.67. The highest BCUT2D eigenvalue weighted by Gasteiger charge is 2.19. The quantitative estimate of drug-likeness (QED) is 0.860. The zero-order valence-electron chi connectivity index (χ0n) is 8.91. The van der Waals surface area contributed by atoms with Crippen LogP contribution >= 0.6 is 22.0 Å². The van der Waals surface area contributed by atoms with E-state index in [0.717, 1.165) is 17.8 Å². The second-order valence-corrected chi connectivity index (χ2v) is 7.02. The number of thiophene rings is 1. The molecule has 0 fully saturated rings. The molecule has 0 aromatic carbocycles.